The van der Waals surface area contributed by atoms with Gasteiger partial charge in [0, 0.05) is 33.7 Å². The number of carbonyl (C=O) groups excluding carboxylic acids is 2. The van der Waals surface area contributed by atoms with Crippen LogP contribution in [-0.4, -0.2) is 68.2 Å². The summed E-state index contributed by atoms with van der Waals surface area (Å²) in [6.07, 6.45) is 0.263. The van der Waals surface area contributed by atoms with Gasteiger partial charge in [-0.2, -0.15) is 0 Å². The Labute approximate surface area is 156 Å². The number of benzene rings is 1. The molecule has 0 spiro atoms. The Bertz CT molecular complexity index is 593. The van der Waals surface area contributed by atoms with Gasteiger partial charge >= 0.3 is 0 Å². The van der Waals surface area contributed by atoms with Crippen LogP contribution in [-0.2, 0) is 19.1 Å². The minimum Gasteiger partial charge on any atom is -0.383 e. The van der Waals surface area contributed by atoms with Crippen molar-refractivity contribution in [3.05, 3.63) is 35.9 Å². The van der Waals surface area contributed by atoms with Gasteiger partial charge in [-0.3, -0.25) is 9.59 Å². The Morgan fingerprint density at radius 2 is 1.92 bits per heavy atom. The number of amides is 2. The SMILES string of the molecule is COCCN(C(=O)[C@@H]1CC(=O)N([C@H](C)c2ccccc2)C1)[C@H](C)COC. The van der Waals surface area contributed by atoms with E-state index in [-0.39, 0.29) is 36.2 Å². The lowest BCUT2D eigenvalue weighted by Crippen LogP contribution is -2.46. The van der Waals surface area contributed by atoms with Crippen molar-refractivity contribution in [1.82, 2.24) is 9.80 Å². The highest BCUT2D eigenvalue weighted by atomic mass is 16.5. The molecule has 6 heteroatoms. The molecule has 144 valence electrons. The van der Waals surface area contributed by atoms with Crippen molar-refractivity contribution < 1.29 is 19.1 Å². The van der Waals surface area contributed by atoms with E-state index in [0.717, 1.165) is 5.56 Å². The summed E-state index contributed by atoms with van der Waals surface area (Å²) in [4.78, 5) is 29.2. The van der Waals surface area contributed by atoms with E-state index in [9.17, 15) is 9.59 Å². The number of hydrogen-bond donors (Lipinski definition) is 0. The third-order valence-corrected chi connectivity index (χ3v) is 5.02. The fraction of sp³-hybridized carbons (Fsp3) is 0.600. The number of nitrogens with zero attached hydrogens (tertiary/aromatic N) is 2. The maximum atomic E-state index is 13.1. The fourth-order valence-electron chi connectivity index (χ4n) is 3.49. The maximum absolute atomic E-state index is 13.1. The second kappa shape index (κ2) is 9.69. The lowest BCUT2D eigenvalue weighted by molar-refractivity contribution is -0.139. The van der Waals surface area contributed by atoms with Crippen molar-refractivity contribution in [2.75, 3.05) is 40.5 Å². The molecule has 0 aromatic heterocycles. The molecule has 1 aromatic rings. The van der Waals surface area contributed by atoms with Crippen molar-refractivity contribution in [2.24, 2.45) is 5.92 Å². The highest BCUT2D eigenvalue weighted by molar-refractivity contribution is 5.89. The number of rotatable bonds is 9. The molecule has 0 radical (unpaired) electrons. The molecule has 1 heterocycles. The Morgan fingerprint density at radius 3 is 2.54 bits per heavy atom. The first-order valence-corrected chi connectivity index (χ1v) is 9.12. The Hall–Kier alpha value is -1.92. The van der Waals surface area contributed by atoms with Gasteiger partial charge in [0.1, 0.15) is 0 Å². The first kappa shape index (κ1) is 20.4. The van der Waals surface area contributed by atoms with Gasteiger partial charge in [-0.25, -0.2) is 0 Å². The number of hydrogen-bond acceptors (Lipinski definition) is 4. The molecule has 2 amide bonds. The molecule has 1 aliphatic heterocycles. The molecule has 1 fully saturated rings. The third-order valence-electron chi connectivity index (χ3n) is 5.02. The standard InChI is InChI=1S/C20H30N2O4/c1-15(14-26-4)21(10-11-25-3)20(24)18-12-19(23)22(13-18)16(2)17-8-6-5-7-9-17/h5-9,15-16,18H,10-14H2,1-4H3/t15-,16-,18-/m1/s1. The summed E-state index contributed by atoms with van der Waals surface area (Å²) in [6, 6.07) is 9.82. The molecule has 1 aromatic carbocycles. The van der Waals surface area contributed by atoms with Gasteiger partial charge in [0.15, 0.2) is 0 Å². The van der Waals surface area contributed by atoms with Crippen molar-refractivity contribution >= 4 is 11.8 Å². The Kier molecular flexibility index (Phi) is 7.60. The van der Waals surface area contributed by atoms with E-state index in [1.54, 1.807) is 19.1 Å². The van der Waals surface area contributed by atoms with Crippen LogP contribution in [0.15, 0.2) is 30.3 Å². The average Bonchev–Trinajstić information content (AvgIpc) is 3.04. The van der Waals surface area contributed by atoms with Gasteiger partial charge in [-0.15, -0.1) is 0 Å². The predicted molar refractivity (Wildman–Crippen MR) is 99.6 cm³/mol. The summed E-state index contributed by atoms with van der Waals surface area (Å²) < 4.78 is 10.3. The van der Waals surface area contributed by atoms with Gasteiger partial charge in [0.2, 0.25) is 11.8 Å². The number of likely N-dealkylation sites (tertiary alicyclic amines) is 1. The van der Waals surface area contributed by atoms with Crippen LogP contribution in [0.4, 0.5) is 0 Å². The van der Waals surface area contributed by atoms with Crippen LogP contribution in [0.5, 0.6) is 0 Å². The molecule has 3 atom stereocenters. The molecule has 2 rings (SSSR count). The second-order valence-electron chi connectivity index (χ2n) is 6.86. The van der Waals surface area contributed by atoms with Crippen LogP contribution < -0.4 is 0 Å². The van der Waals surface area contributed by atoms with E-state index in [1.165, 1.54) is 0 Å². The number of carbonyl (C=O) groups is 2. The van der Waals surface area contributed by atoms with E-state index >= 15 is 0 Å². The van der Waals surface area contributed by atoms with Crippen LogP contribution in [0.25, 0.3) is 0 Å². The van der Waals surface area contributed by atoms with Crippen molar-refractivity contribution in [3.63, 3.8) is 0 Å². The molecule has 26 heavy (non-hydrogen) atoms. The average molecular weight is 362 g/mol. The van der Waals surface area contributed by atoms with E-state index in [1.807, 2.05) is 49.1 Å². The zero-order valence-electron chi connectivity index (χ0n) is 16.2. The smallest absolute Gasteiger partial charge is 0.228 e. The van der Waals surface area contributed by atoms with Gasteiger partial charge in [-0.05, 0) is 19.4 Å². The van der Waals surface area contributed by atoms with Crippen molar-refractivity contribution in [1.29, 1.82) is 0 Å². The summed E-state index contributed by atoms with van der Waals surface area (Å²) in [5.74, 6) is -0.279. The summed E-state index contributed by atoms with van der Waals surface area (Å²) in [7, 11) is 3.24. The van der Waals surface area contributed by atoms with Crippen LogP contribution in [0.1, 0.15) is 31.9 Å². The summed E-state index contributed by atoms with van der Waals surface area (Å²) in [5.41, 5.74) is 1.08. The first-order chi connectivity index (χ1) is 12.5. The molecule has 1 aliphatic rings. The zero-order valence-corrected chi connectivity index (χ0v) is 16.2. The Morgan fingerprint density at radius 1 is 1.23 bits per heavy atom. The minimum absolute atomic E-state index is 0.00251. The van der Waals surface area contributed by atoms with Crippen LogP contribution >= 0.6 is 0 Å². The molecule has 0 N–H and O–H groups in total. The molecule has 1 saturated heterocycles. The molecular formula is C20H30N2O4. The number of methoxy groups -OCH3 is 2. The van der Waals surface area contributed by atoms with Gasteiger partial charge in [0.25, 0.3) is 0 Å². The highest BCUT2D eigenvalue weighted by Crippen LogP contribution is 2.29. The summed E-state index contributed by atoms with van der Waals surface area (Å²) >= 11 is 0. The quantitative estimate of drug-likeness (QED) is 0.675. The van der Waals surface area contributed by atoms with Crippen molar-refractivity contribution in [3.8, 4) is 0 Å². The normalized spacial score (nSPS) is 19.5. The third kappa shape index (κ3) is 4.83. The maximum Gasteiger partial charge on any atom is 0.228 e. The summed E-state index contributed by atoms with van der Waals surface area (Å²) in [6.45, 7) is 5.84. The van der Waals surface area contributed by atoms with Crippen LogP contribution in [0.3, 0.4) is 0 Å². The monoisotopic (exact) mass is 362 g/mol. The van der Waals surface area contributed by atoms with Gasteiger partial charge < -0.3 is 19.3 Å². The van der Waals surface area contributed by atoms with E-state index < -0.39 is 0 Å². The first-order valence-electron chi connectivity index (χ1n) is 9.12. The molecule has 0 unspecified atom stereocenters. The van der Waals surface area contributed by atoms with Crippen LogP contribution in [0, 0.1) is 5.92 Å². The highest BCUT2D eigenvalue weighted by Gasteiger charge is 2.39. The van der Waals surface area contributed by atoms with Gasteiger partial charge in [-0.1, -0.05) is 30.3 Å². The van der Waals surface area contributed by atoms with Crippen LogP contribution in [0.2, 0.25) is 0 Å². The Balaban J connectivity index is 2.08. The lowest BCUT2D eigenvalue weighted by atomic mass is 10.1. The van der Waals surface area contributed by atoms with E-state index in [0.29, 0.717) is 26.3 Å². The zero-order chi connectivity index (χ0) is 19.1. The number of ether oxygens (including phenoxy) is 2. The summed E-state index contributed by atoms with van der Waals surface area (Å²) in [5, 5.41) is 0. The van der Waals surface area contributed by atoms with E-state index in [4.69, 9.17) is 9.47 Å². The van der Waals surface area contributed by atoms with Gasteiger partial charge in [0.05, 0.1) is 31.2 Å². The lowest BCUT2D eigenvalue weighted by Gasteiger charge is -2.31. The topological polar surface area (TPSA) is 59.1 Å². The van der Waals surface area contributed by atoms with E-state index in [2.05, 4.69) is 0 Å². The molecule has 0 saturated carbocycles. The second-order valence-corrected chi connectivity index (χ2v) is 6.86. The largest absolute Gasteiger partial charge is 0.383 e. The molecule has 0 bridgehead atoms. The van der Waals surface area contributed by atoms with Crippen molar-refractivity contribution in [2.45, 2.75) is 32.4 Å². The predicted octanol–water partition coefficient (Wildman–Crippen LogP) is 2.11. The molecule has 0 aliphatic carbocycles. The molecule has 6 nitrogen and oxygen atoms in total. The fourth-order valence-corrected chi connectivity index (χ4v) is 3.49. The minimum atomic E-state index is -0.315. The molecular weight excluding hydrogens is 332 g/mol.